The minimum absolute atomic E-state index is 0.0207. The van der Waals surface area contributed by atoms with Gasteiger partial charge in [-0.15, -0.1) is 0 Å². The normalized spacial score (nSPS) is 10.4. The number of hydrogen-bond acceptors (Lipinski definition) is 3. The van der Waals surface area contributed by atoms with Gasteiger partial charge in [-0.1, -0.05) is 24.3 Å². The maximum absolute atomic E-state index is 11.9. The zero-order valence-electron chi connectivity index (χ0n) is 12.1. The summed E-state index contributed by atoms with van der Waals surface area (Å²) in [5.74, 6) is -0.253. The first-order valence-corrected chi connectivity index (χ1v) is 6.64. The van der Waals surface area contributed by atoms with Crippen molar-refractivity contribution in [3.05, 3.63) is 63.6 Å². The second-order valence-electron chi connectivity index (χ2n) is 4.95. The van der Waals surface area contributed by atoms with Crippen LogP contribution >= 0.6 is 0 Å². The molecule has 0 spiro atoms. The van der Waals surface area contributed by atoms with Crippen LogP contribution in [-0.4, -0.2) is 10.5 Å². The molecule has 1 amide bonds. The van der Waals surface area contributed by atoms with Crippen molar-refractivity contribution in [3.63, 3.8) is 0 Å². The van der Waals surface area contributed by atoms with E-state index in [0.29, 0.717) is 12.3 Å². The third-order valence-electron chi connectivity index (χ3n) is 3.28. The van der Waals surface area contributed by atoms with Gasteiger partial charge in [-0.05, 0) is 25.0 Å². The van der Waals surface area contributed by atoms with Crippen LogP contribution in [0.25, 0.3) is 0 Å². The fourth-order valence-electron chi connectivity index (χ4n) is 2.02. The number of carbonyl (C=O) groups excluding carboxylic acids is 1. The zero-order valence-corrected chi connectivity index (χ0v) is 12.1. The summed E-state index contributed by atoms with van der Waals surface area (Å²) in [6.07, 6.45) is 1.53. The average molecular weight is 286 g/mol. The quantitative estimate of drug-likeness (QED) is 0.905. The Hall–Kier alpha value is -2.56. The predicted molar refractivity (Wildman–Crippen MR) is 80.1 cm³/mol. The van der Waals surface area contributed by atoms with Crippen molar-refractivity contribution >= 4 is 5.91 Å². The third-order valence-corrected chi connectivity index (χ3v) is 3.28. The molecule has 5 heteroatoms. The molecule has 0 unspecified atom stereocenters. The standard InChI is InChI=1S/C16H18N2O3/c1-11-5-3-4-6-13(11)10-21-15-8-18(9-16(17)20)12(2)7-14(15)19/h3-8H,9-10H2,1-2H3,(H2,17,20). The first kappa shape index (κ1) is 14.8. The number of amides is 1. The number of aromatic nitrogens is 1. The molecule has 1 heterocycles. The van der Waals surface area contributed by atoms with Crippen molar-refractivity contribution in [2.24, 2.45) is 5.73 Å². The van der Waals surface area contributed by atoms with Gasteiger partial charge in [0.2, 0.25) is 11.3 Å². The number of nitrogens with two attached hydrogens (primary N) is 1. The van der Waals surface area contributed by atoms with E-state index >= 15 is 0 Å². The Morgan fingerprint density at radius 3 is 2.67 bits per heavy atom. The Labute approximate surface area is 123 Å². The lowest BCUT2D eigenvalue weighted by Crippen LogP contribution is -2.22. The van der Waals surface area contributed by atoms with E-state index in [1.165, 1.54) is 12.3 Å². The average Bonchev–Trinajstić information content (AvgIpc) is 2.41. The van der Waals surface area contributed by atoms with Gasteiger partial charge in [-0.3, -0.25) is 9.59 Å². The molecule has 2 N–H and O–H groups in total. The molecule has 0 fully saturated rings. The Kier molecular flexibility index (Phi) is 4.42. The van der Waals surface area contributed by atoms with Gasteiger partial charge < -0.3 is 15.0 Å². The zero-order chi connectivity index (χ0) is 15.4. The summed E-state index contributed by atoms with van der Waals surface area (Å²) in [5, 5.41) is 0. The highest BCUT2D eigenvalue weighted by Gasteiger charge is 2.08. The number of rotatable bonds is 5. The molecule has 5 nitrogen and oxygen atoms in total. The number of aryl methyl sites for hydroxylation is 2. The Balaban J connectivity index is 2.22. The Morgan fingerprint density at radius 1 is 1.29 bits per heavy atom. The van der Waals surface area contributed by atoms with Crippen molar-refractivity contribution < 1.29 is 9.53 Å². The molecule has 0 atom stereocenters. The van der Waals surface area contributed by atoms with Gasteiger partial charge in [-0.2, -0.15) is 0 Å². The molecule has 0 bridgehead atoms. The van der Waals surface area contributed by atoms with Crippen LogP contribution in [0, 0.1) is 13.8 Å². The lowest BCUT2D eigenvalue weighted by molar-refractivity contribution is -0.118. The minimum Gasteiger partial charge on any atom is -0.483 e. The number of primary amides is 1. The molecule has 1 aromatic carbocycles. The van der Waals surface area contributed by atoms with Crippen molar-refractivity contribution in [3.8, 4) is 5.75 Å². The predicted octanol–water partition coefficient (Wildman–Crippen LogP) is 1.53. The summed E-state index contributed by atoms with van der Waals surface area (Å²) in [6, 6.07) is 9.25. The van der Waals surface area contributed by atoms with Crippen LogP contribution in [0.4, 0.5) is 0 Å². The highest BCUT2D eigenvalue weighted by molar-refractivity contribution is 5.73. The lowest BCUT2D eigenvalue weighted by Gasteiger charge is -2.12. The van der Waals surface area contributed by atoms with E-state index in [0.717, 1.165) is 11.1 Å². The number of pyridine rings is 1. The van der Waals surface area contributed by atoms with E-state index in [9.17, 15) is 9.59 Å². The van der Waals surface area contributed by atoms with Crippen molar-refractivity contribution in [2.45, 2.75) is 27.0 Å². The van der Waals surface area contributed by atoms with E-state index in [4.69, 9.17) is 10.5 Å². The van der Waals surface area contributed by atoms with Crippen molar-refractivity contribution in [1.82, 2.24) is 4.57 Å². The highest BCUT2D eigenvalue weighted by Crippen LogP contribution is 2.12. The number of carbonyl (C=O) groups is 1. The third kappa shape index (κ3) is 3.72. The maximum Gasteiger partial charge on any atom is 0.237 e. The van der Waals surface area contributed by atoms with Gasteiger partial charge >= 0.3 is 0 Å². The van der Waals surface area contributed by atoms with Crippen molar-refractivity contribution in [1.29, 1.82) is 0 Å². The largest absolute Gasteiger partial charge is 0.483 e. The first-order chi connectivity index (χ1) is 9.97. The summed E-state index contributed by atoms with van der Waals surface area (Å²) in [7, 11) is 0. The van der Waals surface area contributed by atoms with E-state index in [1.54, 1.807) is 11.5 Å². The van der Waals surface area contributed by atoms with Crippen LogP contribution in [0.15, 0.2) is 41.3 Å². The van der Waals surface area contributed by atoms with E-state index < -0.39 is 5.91 Å². The molecule has 0 radical (unpaired) electrons. The van der Waals surface area contributed by atoms with Crippen LogP contribution < -0.4 is 15.9 Å². The number of hydrogen-bond donors (Lipinski definition) is 1. The molecule has 2 aromatic rings. The van der Waals surface area contributed by atoms with E-state index in [-0.39, 0.29) is 17.7 Å². The fraction of sp³-hybridized carbons (Fsp3) is 0.250. The minimum atomic E-state index is -0.466. The molecule has 2 rings (SSSR count). The summed E-state index contributed by atoms with van der Waals surface area (Å²) in [5.41, 5.74) is 7.76. The number of nitrogens with zero attached hydrogens (tertiary/aromatic N) is 1. The fourth-order valence-corrected chi connectivity index (χ4v) is 2.02. The Bertz CT molecular complexity index is 720. The van der Waals surface area contributed by atoms with Crippen LogP contribution in [0.5, 0.6) is 5.75 Å². The molecule has 0 aliphatic carbocycles. The molecule has 110 valence electrons. The van der Waals surface area contributed by atoms with Crippen LogP contribution in [0.3, 0.4) is 0 Å². The maximum atomic E-state index is 11.9. The van der Waals surface area contributed by atoms with Gasteiger partial charge in [0, 0.05) is 11.8 Å². The summed E-state index contributed by atoms with van der Waals surface area (Å²) >= 11 is 0. The summed E-state index contributed by atoms with van der Waals surface area (Å²) < 4.78 is 7.20. The molecule has 0 saturated heterocycles. The molecule has 0 aliphatic heterocycles. The van der Waals surface area contributed by atoms with Crippen molar-refractivity contribution in [2.75, 3.05) is 0 Å². The van der Waals surface area contributed by atoms with Crippen LogP contribution in [-0.2, 0) is 17.9 Å². The second kappa shape index (κ2) is 6.26. The molecule has 21 heavy (non-hydrogen) atoms. The lowest BCUT2D eigenvalue weighted by atomic mass is 10.1. The molecule has 1 aromatic heterocycles. The van der Waals surface area contributed by atoms with Crippen LogP contribution in [0.2, 0.25) is 0 Å². The van der Waals surface area contributed by atoms with Gasteiger partial charge in [0.25, 0.3) is 0 Å². The van der Waals surface area contributed by atoms with Gasteiger partial charge in [0.05, 0.1) is 6.20 Å². The van der Waals surface area contributed by atoms with Crippen LogP contribution in [0.1, 0.15) is 16.8 Å². The van der Waals surface area contributed by atoms with Gasteiger partial charge in [-0.25, -0.2) is 0 Å². The smallest absolute Gasteiger partial charge is 0.237 e. The topological polar surface area (TPSA) is 74.3 Å². The Morgan fingerprint density at radius 2 is 2.00 bits per heavy atom. The molecule has 0 saturated carbocycles. The number of benzene rings is 1. The first-order valence-electron chi connectivity index (χ1n) is 6.64. The molecule has 0 aliphatic rings. The summed E-state index contributed by atoms with van der Waals surface area (Å²) in [4.78, 5) is 23.0. The molecular weight excluding hydrogens is 268 g/mol. The summed E-state index contributed by atoms with van der Waals surface area (Å²) in [6.45, 7) is 4.06. The van der Waals surface area contributed by atoms with E-state index in [2.05, 4.69) is 0 Å². The highest BCUT2D eigenvalue weighted by atomic mass is 16.5. The van der Waals surface area contributed by atoms with E-state index in [1.807, 2.05) is 31.2 Å². The number of ether oxygens (including phenoxy) is 1. The SMILES string of the molecule is Cc1ccccc1COc1cn(CC(N)=O)c(C)cc1=O. The van der Waals surface area contributed by atoms with Gasteiger partial charge in [0.1, 0.15) is 13.2 Å². The molecular formula is C16H18N2O3. The monoisotopic (exact) mass is 286 g/mol. The van der Waals surface area contributed by atoms with Gasteiger partial charge in [0.15, 0.2) is 5.75 Å². The second-order valence-corrected chi connectivity index (χ2v) is 4.95.